The molecular weight excluding hydrogens is 342 g/mol. The van der Waals surface area contributed by atoms with Crippen LogP contribution in [-0.2, 0) is 6.54 Å². The Morgan fingerprint density at radius 3 is 2.15 bits per heavy atom. The Balaban J connectivity index is 1.60. The molecular formula is C21H25N3O3. The van der Waals surface area contributed by atoms with Gasteiger partial charge in [-0.05, 0) is 43.7 Å². The summed E-state index contributed by atoms with van der Waals surface area (Å²) in [4.78, 5) is 27.9. The molecule has 1 saturated heterocycles. The second-order valence-electron chi connectivity index (χ2n) is 7.10. The van der Waals surface area contributed by atoms with Crippen molar-refractivity contribution >= 4 is 17.7 Å². The van der Waals surface area contributed by atoms with E-state index in [9.17, 15) is 9.59 Å². The number of carbonyl (C=O) groups excluding carboxylic acids is 1. The average Bonchev–Trinajstić information content (AvgIpc) is 2.62. The number of nitrogens with zero attached hydrogens (tertiary/aromatic N) is 2. The molecule has 0 bridgehead atoms. The molecule has 2 atom stereocenters. The summed E-state index contributed by atoms with van der Waals surface area (Å²) in [6.45, 7) is 6.39. The standard InChI is InChI=1S/C21H25N3O3/c1-15-12-23(14-17-8-10-18(11-9-17)20(25)26)13-16(2)24(15)21(27)22-19-6-4-3-5-7-19/h3-11,15-16H,12-14H2,1-2H3,(H,22,27)(H,25,26)/t15-,16+. The molecule has 0 unspecified atom stereocenters. The summed E-state index contributed by atoms with van der Waals surface area (Å²) in [7, 11) is 0. The summed E-state index contributed by atoms with van der Waals surface area (Å²) >= 11 is 0. The molecule has 1 aliphatic heterocycles. The zero-order chi connectivity index (χ0) is 19.4. The van der Waals surface area contributed by atoms with Crippen LogP contribution in [0, 0.1) is 0 Å². The highest BCUT2D eigenvalue weighted by Crippen LogP contribution is 2.20. The average molecular weight is 367 g/mol. The molecule has 1 aliphatic rings. The number of hydrogen-bond donors (Lipinski definition) is 2. The van der Waals surface area contributed by atoms with E-state index in [1.807, 2.05) is 47.4 Å². The second-order valence-corrected chi connectivity index (χ2v) is 7.10. The highest BCUT2D eigenvalue weighted by Gasteiger charge is 2.32. The van der Waals surface area contributed by atoms with Crippen molar-refractivity contribution in [3.05, 3.63) is 65.7 Å². The molecule has 2 N–H and O–H groups in total. The topological polar surface area (TPSA) is 72.9 Å². The van der Waals surface area contributed by atoms with Crippen molar-refractivity contribution in [2.75, 3.05) is 18.4 Å². The van der Waals surface area contributed by atoms with Crippen LogP contribution in [0.5, 0.6) is 0 Å². The molecule has 2 aromatic carbocycles. The maximum atomic E-state index is 12.7. The van der Waals surface area contributed by atoms with E-state index >= 15 is 0 Å². The van der Waals surface area contributed by atoms with Crippen LogP contribution in [0.15, 0.2) is 54.6 Å². The third-order valence-corrected chi connectivity index (χ3v) is 4.86. The number of carboxylic acid groups (broad SMARTS) is 1. The van der Waals surface area contributed by atoms with Gasteiger partial charge in [0.15, 0.2) is 0 Å². The molecule has 0 radical (unpaired) electrons. The Morgan fingerprint density at radius 1 is 1.00 bits per heavy atom. The van der Waals surface area contributed by atoms with Gasteiger partial charge in [0.1, 0.15) is 0 Å². The number of nitrogens with one attached hydrogen (secondary N) is 1. The summed E-state index contributed by atoms with van der Waals surface area (Å²) in [5.74, 6) is -0.915. The van der Waals surface area contributed by atoms with Gasteiger partial charge in [-0.25, -0.2) is 9.59 Å². The predicted molar refractivity (Wildman–Crippen MR) is 105 cm³/mol. The Morgan fingerprint density at radius 2 is 1.59 bits per heavy atom. The molecule has 6 heteroatoms. The van der Waals surface area contributed by atoms with Crippen molar-refractivity contribution < 1.29 is 14.7 Å². The number of carbonyl (C=O) groups is 2. The van der Waals surface area contributed by atoms with Gasteiger partial charge in [-0.1, -0.05) is 30.3 Å². The van der Waals surface area contributed by atoms with Crippen LogP contribution in [-0.4, -0.2) is 52.1 Å². The van der Waals surface area contributed by atoms with E-state index in [1.165, 1.54) is 0 Å². The van der Waals surface area contributed by atoms with Crippen LogP contribution in [0.2, 0.25) is 0 Å². The Kier molecular flexibility index (Phi) is 5.76. The molecule has 0 aliphatic carbocycles. The molecule has 1 fully saturated rings. The first-order valence-corrected chi connectivity index (χ1v) is 9.13. The summed E-state index contributed by atoms with van der Waals surface area (Å²) in [6.07, 6.45) is 0. The van der Waals surface area contributed by atoms with Crippen LogP contribution >= 0.6 is 0 Å². The molecule has 2 amide bonds. The molecule has 0 aromatic heterocycles. The number of urea groups is 1. The molecule has 27 heavy (non-hydrogen) atoms. The minimum atomic E-state index is -0.915. The van der Waals surface area contributed by atoms with E-state index in [1.54, 1.807) is 12.1 Å². The Hall–Kier alpha value is -2.86. The van der Waals surface area contributed by atoms with E-state index in [2.05, 4.69) is 24.1 Å². The first kappa shape index (κ1) is 18.9. The second kappa shape index (κ2) is 8.22. The smallest absolute Gasteiger partial charge is 0.335 e. The monoisotopic (exact) mass is 367 g/mol. The minimum absolute atomic E-state index is 0.0772. The van der Waals surface area contributed by atoms with Crippen molar-refractivity contribution in [1.29, 1.82) is 0 Å². The van der Waals surface area contributed by atoms with Crippen molar-refractivity contribution in [3.8, 4) is 0 Å². The van der Waals surface area contributed by atoms with Crippen LogP contribution in [0.3, 0.4) is 0 Å². The van der Waals surface area contributed by atoms with E-state index in [-0.39, 0.29) is 18.1 Å². The summed E-state index contributed by atoms with van der Waals surface area (Å²) in [5, 5.41) is 12.0. The number of para-hydroxylation sites is 1. The van der Waals surface area contributed by atoms with Gasteiger partial charge in [0.05, 0.1) is 5.56 Å². The predicted octanol–water partition coefficient (Wildman–Crippen LogP) is 3.51. The highest BCUT2D eigenvalue weighted by molar-refractivity contribution is 5.89. The lowest BCUT2D eigenvalue weighted by molar-refractivity contribution is 0.0656. The molecule has 0 saturated carbocycles. The van der Waals surface area contributed by atoms with Crippen molar-refractivity contribution in [3.63, 3.8) is 0 Å². The van der Waals surface area contributed by atoms with Crippen LogP contribution in [0.4, 0.5) is 10.5 Å². The number of hydrogen-bond acceptors (Lipinski definition) is 3. The lowest BCUT2D eigenvalue weighted by Crippen LogP contribution is -2.59. The van der Waals surface area contributed by atoms with Crippen molar-refractivity contribution in [2.24, 2.45) is 0 Å². The van der Waals surface area contributed by atoms with E-state index in [4.69, 9.17) is 5.11 Å². The maximum absolute atomic E-state index is 12.7. The number of piperazine rings is 1. The van der Waals surface area contributed by atoms with Gasteiger partial charge in [-0.2, -0.15) is 0 Å². The lowest BCUT2D eigenvalue weighted by atomic mass is 10.1. The maximum Gasteiger partial charge on any atom is 0.335 e. The van der Waals surface area contributed by atoms with Gasteiger partial charge in [0.2, 0.25) is 0 Å². The van der Waals surface area contributed by atoms with E-state index in [0.717, 1.165) is 30.9 Å². The molecule has 1 heterocycles. The number of anilines is 1. The zero-order valence-electron chi connectivity index (χ0n) is 15.6. The fourth-order valence-corrected chi connectivity index (χ4v) is 3.68. The van der Waals surface area contributed by atoms with Gasteiger partial charge >= 0.3 is 12.0 Å². The molecule has 2 aromatic rings. The van der Waals surface area contributed by atoms with Crippen LogP contribution in [0.25, 0.3) is 0 Å². The van der Waals surface area contributed by atoms with Crippen LogP contribution < -0.4 is 5.32 Å². The number of aromatic carboxylic acids is 1. The highest BCUT2D eigenvalue weighted by atomic mass is 16.4. The molecule has 6 nitrogen and oxygen atoms in total. The Labute approximate surface area is 159 Å². The van der Waals surface area contributed by atoms with Gasteiger partial charge in [0, 0.05) is 37.4 Å². The quantitative estimate of drug-likeness (QED) is 0.867. The SMILES string of the molecule is C[C@@H]1CN(Cc2ccc(C(=O)O)cc2)C[C@H](C)N1C(=O)Nc1ccccc1. The first-order chi connectivity index (χ1) is 12.9. The van der Waals surface area contributed by atoms with Gasteiger partial charge in [-0.15, -0.1) is 0 Å². The minimum Gasteiger partial charge on any atom is -0.478 e. The first-order valence-electron chi connectivity index (χ1n) is 9.13. The third-order valence-electron chi connectivity index (χ3n) is 4.86. The van der Waals surface area contributed by atoms with Gasteiger partial charge < -0.3 is 15.3 Å². The molecule has 0 spiro atoms. The van der Waals surface area contributed by atoms with Gasteiger partial charge in [-0.3, -0.25) is 4.90 Å². The van der Waals surface area contributed by atoms with Crippen molar-refractivity contribution in [2.45, 2.75) is 32.5 Å². The third kappa shape index (κ3) is 4.65. The largest absolute Gasteiger partial charge is 0.478 e. The Bertz CT molecular complexity index is 780. The van der Waals surface area contributed by atoms with Crippen molar-refractivity contribution in [1.82, 2.24) is 9.80 Å². The number of benzene rings is 2. The zero-order valence-corrected chi connectivity index (χ0v) is 15.6. The van der Waals surface area contributed by atoms with E-state index < -0.39 is 5.97 Å². The molecule has 142 valence electrons. The van der Waals surface area contributed by atoms with Crippen LogP contribution in [0.1, 0.15) is 29.8 Å². The van der Waals surface area contributed by atoms with Gasteiger partial charge in [0.25, 0.3) is 0 Å². The normalized spacial score (nSPS) is 20.3. The molecule has 3 rings (SSSR count). The fourth-order valence-electron chi connectivity index (χ4n) is 3.68. The fraction of sp³-hybridized carbons (Fsp3) is 0.333. The number of amides is 2. The summed E-state index contributed by atoms with van der Waals surface area (Å²) < 4.78 is 0. The summed E-state index contributed by atoms with van der Waals surface area (Å²) in [6, 6.07) is 16.5. The van der Waals surface area contributed by atoms with E-state index in [0.29, 0.717) is 5.56 Å². The lowest BCUT2D eigenvalue weighted by Gasteiger charge is -2.44. The number of rotatable bonds is 4. The number of carboxylic acids is 1. The summed E-state index contributed by atoms with van der Waals surface area (Å²) in [5.41, 5.74) is 2.16.